The van der Waals surface area contributed by atoms with Crippen LogP contribution in [0.25, 0.3) is 0 Å². The zero-order valence-electron chi connectivity index (χ0n) is 13.0. The predicted octanol–water partition coefficient (Wildman–Crippen LogP) is -0.848. The van der Waals surface area contributed by atoms with Crippen LogP contribution in [-0.4, -0.2) is 27.5 Å². The molecule has 0 heterocycles. The molecule has 0 unspecified atom stereocenters. The lowest BCUT2D eigenvalue weighted by atomic mass is 10.1. The third kappa shape index (κ3) is 4.48. The summed E-state index contributed by atoms with van der Waals surface area (Å²) in [7, 11) is -2.89. The van der Waals surface area contributed by atoms with E-state index in [1.54, 1.807) is 0 Å². The number of ether oxygens (including phenoxy) is 1. The van der Waals surface area contributed by atoms with Crippen molar-refractivity contribution in [1.29, 1.82) is 0 Å². The quantitative estimate of drug-likeness (QED) is 0.677. The molecule has 0 saturated heterocycles. The second-order valence-electron chi connectivity index (χ2n) is 5.00. The number of nitrogens with one attached hydrogen (secondary N) is 1. The van der Waals surface area contributed by atoms with Crippen LogP contribution in [0.4, 0.5) is 5.69 Å². The van der Waals surface area contributed by atoms with E-state index >= 15 is 0 Å². The summed E-state index contributed by atoms with van der Waals surface area (Å²) in [6, 6.07) is 8.94. The van der Waals surface area contributed by atoms with Crippen molar-refractivity contribution in [2.45, 2.75) is 11.3 Å². The fourth-order valence-corrected chi connectivity index (χ4v) is 3.34. The zero-order chi connectivity index (χ0) is 18.6. The number of hydrogen-bond acceptors (Lipinski definition) is 7. The summed E-state index contributed by atoms with van der Waals surface area (Å²) in [6.45, 7) is 0. The van der Waals surface area contributed by atoms with Crippen molar-refractivity contribution in [2.24, 2.45) is 0 Å². The van der Waals surface area contributed by atoms with E-state index in [2.05, 4.69) is 4.72 Å². The van der Waals surface area contributed by atoms with Gasteiger partial charge in [0.2, 0.25) is 0 Å². The molecule has 0 aliphatic rings. The Morgan fingerprint density at radius 3 is 2.24 bits per heavy atom. The third-order valence-electron chi connectivity index (χ3n) is 3.24. The molecule has 2 rings (SSSR count). The number of carboxylic acid groups (broad SMARTS) is 2. The fourth-order valence-electron chi connectivity index (χ4n) is 2.08. The lowest BCUT2D eigenvalue weighted by molar-refractivity contribution is -0.304. The second kappa shape index (κ2) is 7.22. The maximum Gasteiger partial charge on any atom is 0.265 e. The molecule has 0 spiro atoms. The van der Waals surface area contributed by atoms with Gasteiger partial charge in [-0.3, -0.25) is 4.72 Å². The third-order valence-corrected chi connectivity index (χ3v) is 4.65. The summed E-state index contributed by atoms with van der Waals surface area (Å²) in [5, 5.41) is 21.5. The zero-order valence-corrected chi connectivity index (χ0v) is 13.8. The number of rotatable bonds is 7. The standard InChI is InChI=1S/C16H15NO7S/c1-24-13-7-4-11(16(20)21)9-14(13)25(22,23)17-12-5-2-10(3-6-12)8-15(18)19/h2-7,9,17H,8H2,1H3,(H,18,19)(H,20,21)/p-2. The van der Waals surface area contributed by atoms with E-state index in [9.17, 15) is 28.2 Å². The van der Waals surface area contributed by atoms with Gasteiger partial charge in [0.1, 0.15) is 10.6 Å². The van der Waals surface area contributed by atoms with Crippen LogP contribution in [-0.2, 0) is 21.2 Å². The van der Waals surface area contributed by atoms with Crippen molar-refractivity contribution in [3.05, 3.63) is 53.6 Å². The molecule has 0 atom stereocenters. The Hall–Kier alpha value is -3.07. The van der Waals surface area contributed by atoms with Crippen molar-refractivity contribution >= 4 is 27.6 Å². The second-order valence-corrected chi connectivity index (χ2v) is 6.66. The van der Waals surface area contributed by atoms with E-state index in [0.29, 0.717) is 5.56 Å². The van der Waals surface area contributed by atoms with Crippen LogP contribution in [0.3, 0.4) is 0 Å². The molecule has 0 aliphatic heterocycles. The number of carbonyl (C=O) groups is 2. The van der Waals surface area contributed by atoms with Crippen molar-refractivity contribution in [3.8, 4) is 5.75 Å². The summed E-state index contributed by atoms with van der Waals surface area (Å²) in [5.41, 5.74) is 0.299. The molecule has 0 amide bonds. The fraction of sp³-hybridized carbons (Fsp3) is 0.125. The molecule has 132 valence electrons. The van der Waals surface area contributed by atoms with Crippen molar-refractivity contribution in [2.75, 3.05) is 11.8 Å². The van der Waals surface area contributed by atoms with Crippen molar-refractivity contribution in [1.82, 2.24) is 0 Å². The van der Waals surface area contributed by atoms with Crippen LogP contribution in [0.15, 0.2) is 47.4 Å². The molecule has 0 fully saturated rings. The van der Waals surface area contributed by atoms with E-state index in [1.165, 1.54) is 43.5 Å². The van der Waals surface area contributed by atoms with Gasteiger partial charge in [0, 0.05) is 18.1 Å². The van der Waals surface area contributed by atoms with Gasteiger partial charge in [-0.1, -0.05) is 12.1 Å². The van der Waals surface area contributed by atoms with Crippen LogP contribution in [0, 0.1) is 0 Å². The first-order chi connectivity index (χ1) is 11.7. The molecule has 1 N–H and O–H groups in total. The van der Waals surface area contributed by atoms with Gasteiger partial charge in [0.15, 0.2) is 0 Å². The number of carbonyl (C=O) groups excluding carboxylic acids is 2. The first-order valence-corrected chi connectivity index (χ1v) is 8.42. The minimum Gasteiger partial charge on any atom is -0.550 e. The topological polar surface area (TPSA) is 136 Å². The highest BCUT2D eigenvalue weighted by atomic mass is 32.2. The van der Waals surface area contributed by atoms with Gasteiger partial charge in [0.05, 0.1) is 13.1 Å². The number of sulfonamides is 1. The molecule has 0 radical (unpaired) electrons. The Bertz CT molecular complexity index is 905. The van der Waals surface area contributed by atoms with E-state index in [1.807, 2.05) is 0 Å². The highest BCUT2D eigenvalue weighted by Crippen LogP contribution is 2.27. The van der Waals surface area contributed by atoms with E-state index in [4.69, 9.17) is 4.74 Å². The smallest absolute Gasteiger partial charge is 0.265 e. The Morgan fingerprint density at radius 2 is 1.72 bits per heavy atom. The van der Waals surface area contributed by atoms with E-state index in [0.717, 1.165) is 6.07 Å². The number of methoxy groups -OCH3 is 1. The SMILES string of the molecule is COc1ccc(C(=O)[O-])cc1S(=O)(=O)Nc1ccc(CC(=O)[O-])cc1. The van der Waals surface area contributed by atoms with Crippen LogP contribution in [0.5, 0.6) is 5.75 Å². The Kier molecular flexibility index (Phi) is 5.28. The molecular formula is C16H13NO7S-2. The van der Waals surface area contributed by atoms with Crippen molar-refractivity contribution < 1.29 is 33.0 Å². The van der Waals surface area contributed by atoms with Gasteiger partial charge < -0.3 is 24.5 Å². The van der Waals surface area contributed by atoms with Gasteiger partial charge in [0.25, 0.3) is 10.0 Å². The minimum absolute atomic E-state index is 0.0360. The normalized spacial score (nSPS) is 10.9. The minimum atomic E-state index is -4.14. The highest BCUT2D eigenvalue weighted by molar-refractivity contribution is 7.92. The molecule has 2 aromatic rings. The number of carboxylic acids is 2. The van der Waals surface area contributed by atoms with Gasteiger partial charge in [-0.2, -0.15) is 0 Å². The highest BCUT2D eigenvalue weighted by Gasteiger charge is 2.20. The number of benzene rings is 2. The van der Waals surface area contributed by atoms with E-state index < -0.39 is 22.0 Å². The maximum absolute atomic E-state index is 12.5. The van der Waals surface area contributed by atoms with Crippen LogP contribution >= 0.6 is 0 Å². The number of anilines is 1. The van der Waals surface area contributed by atoms with E-state index in [-0.39, 0.29) is 28.3 Å². The number of aromatic carboxylic acids is 1. The summed E-state index contributed by atoms with van der Waals surface area (Å²) in [5.74, 6) is -2.81. The molecule has 2 aromatic carbocycles. The molecular weight excluding hydrogens is 350 g/mol. The number of hydrogen-bond donors (Lipinski definition) is 1. The van der Waals surface area contributed by atoms with Gasteiger partial charge in [-0.15, -0.1) is 0 Å². The first kappa shape index (κ1) is 18.3. The summed E-state index contributed by atoms with van der Waals surface area (Å²) < 4.78 is 32.3. The average molecular weight is 363 g/mol. The average Bonchev–Trinajstić information content (AvgIpc) is 2.55. The van der Waals surface area contributed by atoms with Gasteiger partial charge >= 0.3 is 0 Å². The molecule has 8 nitrogen and oxygen atoms in total. The van der Waals surface area contributed by atoms with Crippen LogP contribution in [0.1, 0.15) is 15.9 Å². The number of aliphatic carboxylic acids is 1. The Morgan fingerprint density at radius 1 is 1.08 bits per heavy atom. The molecule has 0 aromatic heterocycles. The lowest BCUT2D eigenvalue weighted by Crippen LogP contribution is -2.24. The van der Waals surface area contributed by atoms with Gasteiger partial charge in [-0.05, 0) is 41.5 Å². The monoisotopic (exact) mass is 363 g/mol. The molecule has 0 bridgehead atoms. The predicted molar refractivity (Wildman–Crippen MR) is 83.3 cm³/mol. The molecule has 0 saturated carbocycles. The maximum atomic E-state index is 12.5. The molecule has 0 aliphatic carbocycles. The first-order valence-electron chi connectivity index (χ1n) is 6.94. The Labute approximate surface area is 143 Å². The molecule has 25 heavy (non-hydrogen) atoms. The summed E-state index contributed by atoms with van der Waals surface area (Å²) >= 11 is 0. The van der Waals surface area contributed by atoms with Gasteiger partial charge in [-0.25, -0.2) is 8.42 Å². The largest absolute Gasteiger partial charge is 0.550 e. The van der Waals surface area contributed by atoms with Crippen LogP contribution in [0.2, 0.25) is 0 Å². The molecule has 9 heteroatoms. The summed E-state index contributed by atoms with van der Waals surface area (Å²) in [4.78, 5) is 21.1. The Balaban J connectivity index is 2.34. The summed E-state index contributed by atoms with van der Waals surface area (Å²) in [6.07, 6.45) is -0.297. The lowest BCUT2D eigenvalue weighted by Gasteiger charge is -2.14. The van der Waals surface area contributed by atoms with Crippen LogP contribution < -0.4 is 19.7 Å². The van der Waals surface area contributed by atoms with Crippen molar-refractivity contribution in [3.63, 3.8) is 0 Å².